The number of hydrogen-bond donors (Lipinski definition) is 0. The molecule has 2 aromatic rings. The van der Waals surface area contributed by atoms with E-state index in [-0.39, 0.29) is 0 Å². The molecule has 17 heavy (non-hydrogen) atoms. The van der Waals surface area contributed by atoms with E-state index in [1.807, 2.05) is 0 Å². The van der Waals surface area contributed by atoms with Gasteiger partial charge >= 0.3 is 0 Å². The molecule has 88 valence electrons. The third-order valence-corrected chi connectivity index (χ3v) is 3.24. The molecule has 1 atom stereocenters. The lowest BCUT2D eigenvalue weighted by atomic mass is 9.97. The van der Waals surface area contributed by atoms with Gasteiger partial charge in [0.2, 0.25) is 0 Å². The monoisotopic (exact) mass is 226 g/mol. The molecule has 2 rings (SSSR count). The van der Waals surface area contributed by atoms with Crippen LogP contribution in [0.5, 0.6) is 0 Å². The fourth-order valence-electron chi connectivity index (χ4n) is 2.09. The van der Waals surface area contributed by atoms with Crippen molar-refractivity contribution in [2.45, 2.75) is 26.2 Å². The zero-order valence-electron chi connectivity index (χ0n) is 10.2. The van der Waals surface area contributed by atoms with Gasteiger partial charge in [0.05, 0.1) is 0 Å². The second-order valence-corrected chi connectivity index (χ2v) is 4.73. The average molecular weight is 226 g/mol. The molecule has 0 aliphatic carbocycles. The number of fused-ring (bicyclic) bond motifs is 1. The Labute approximate surface area is 102 Å². The minimum Gasteiger partial charge on any atom is -0.303 e. The molecule has 1 nitrogen and oxygen atoms in total. The second kappa shape index (κ2) is 5.62. The van der Waals surface area contributed by atoms with E-state index in [2.05, 4.69) is 49.4 Å². The predicted octanol–water partition coefficient (Wildman–Crippen LogP) is 4.00. The first kappa shape index (κ1) is 11.8. The highest BCUT2D eigenvalue weighted by Gasteiger charge is 2.02. The van der Waals surface area contributed by atoms with E-state index in [4.69, 9.17) is 0 Å². The molecule has 0 aliphatic rings. The quantitative estimate of drug-likeness (QED) is 0.704. The number of hydrogen-bond acceptors (Lipinski definition) is 1. The van der Waals surface area contributed by atoms with Crippen molar-refractivity contribution >= 4 is 17.1 Å². The van der Waals surface area contributed by atoms with Gasteiger partial charge in [-0.1, -0.05) is 49.4 Å². The van der Waals surface area contributed by atoms with Crippen molar-refractivity contribution in [3.8, 4) is 0 Å². The van der Waals surface area contributed by atoms with Gasteiger partial charge in [-0.15, -0.1) is 0 Å². The van der Waals surface area contributed by atoms with Gasteiger partial charge in [0.1, 0.15) is 6.29 Å². The highest BCUT2D eigenvalue weighted by molar-refractivity contribution is 5.82. The third kappa shape index (κ3) is 3.16. The number of carbonyl (C=O) groups excluding carboxylic acids is 1. The largest absolute Gasteiger partial charge is 0.303 e. The van der Waals surface area contributed by atoms with Gasteiger partial charge < -0.3 is 4.79 Å². The summed E-state index contributed by atoms with van der Waals surface area (Å²) >= 11 is 0. The molecule has 0 N–H and O–H groups in total. The van der Waals surface area contributed by atoms with Gasteiger partial charge in [0.25, 0.3) is 0 Å². The SMILES string of the molecule is C[C@H](CC=O)CCc1ccc2ccccc2c1. The van der Waals surface area contributed by atoms with E-state index in [0.717, 1.165) is 19.1 Å². The fourth-order valence-corrected chi connectivity index (χ4v) is 2.09. The van der Waals surface area contributed by atoms with Crippen LogP contribution in [0.3, 0.4) is 0 Å². The van der Waals surface area contributed by atoms with Gasteiger partial charge in [0, 0.05) is 6.42 Å². The molecular formula is C16H18O. The normalized spacial score (nSPS) is 12.5. The highest BCUT2D eigenvalue weighted by atomic mass is 16.1. The van der Waals surface area contributed by atoms with Crippen molar-refractivity contribution in [3.63, 3.8) is 0 Å². The predicted molar refractivity (Wildman–Crippen MR) is 72.1 cm³/mol. The first-order valence-corrected chi connectivity index (χ1v) is 6.21. The molecule has 0 aliphatic heterocycles. The van der Waals surface area contributed by atoms with Crippen molar-refractivity contribution in [1.29, 1.82) is 0 Å². The molecule has 0 radical (unpaired) electrons. The fraction of sp³-hybridized carbons (Fsp3) is 0.312. The molecule has 0 aromatic heterocycles. The summed E-state index contributed by atoms with van der Waals surface area (Å²) in [5, 5.41) is 2.59. The van der Waals surface area contributed by atoms with Crippen molar-refractivity contribution in [3.05, 3.63) is 48.0 Å². The molecule has 0 saturated carbocycles. The number of aldehydes is 1. The smallest absolute Gasteiger partial charge is 0.120 e. The zero-order chi connectivity index (χ0) is 12.1. The van der Waals surface area contributed by atoms with Crippen LogP contribution >= 0.6 is 0 Å². The van der Waals surface area contributed by atoms with Crippen LogP contribution in [0.4, 0.5) is 0 Å². The lowest BCUT2D eigenvalue weighted by molar-refractivity contribution is -0.108. The maximum absolute atomic E-state index is 10.4. The lowest BCUT2D eigenvalue weighted by Crippen LogP contribution is -1.98. The Balaban J connectivity index is 2.06. The topological polar surface area (TPSA) is 17.1 Å². The Morgan fingerprint density at radius 2 is 1.88 bits per heavy atom. The number of carbonyl (C=O) groups is 1. The third-order valence-electron chi connectivity index (χ3n) is 3.24. The summed E-state index contributed by atoms with van der Waals surface area (Å²) < 4.78 is 0. The first-order chi connectivity index (χ1) is 8.29. The van der Waals surface area contributed by atoms with Crippen LogP contribution in [0, 0.1) is 5.92 Å². The van der Waals surface area contributed by atoms with Gasteiger partial charge in [-0.2, -0.15) is 0 Å². The average Bonchev–Trinajstić information content (AvgIpc) is 2.36. The van der Waals surface area contributed by atoms with Crippen molar-refractivity contribution < 1.29 is 4.79 Å². The van der Waals surface area contributed by atoms with E-state index in [1.165, 1.54) is 16.3 Å². The molecule has 0 amide bonds. The van der Waals surface area contributed by atoms with Gasteiger partial charge in [0.15, 0.2) is 0 Å². The second-order valence-electron chi connectivity index (χ2n) is 4.73. The number of benzene rings is 2. The Kier molecular flexibility index (Phi) is 3.92. The number of aryl methyl sites for hydroxylation is 1. The summed E-state index contributed by atoms with van der Waals surface area (Å²) in [6.07, 6.45) is 3.83. The van der Waals surface area contributed by atoms with Crippen LogP contribution in [0.15, 0.2) is 42.5 Å². The minimum absolute atomic E-state index is 0.485. The van der Waals surface area contributed by atoms with Gasteiger partial charge in [-0.3, -0.25) is 0 Å². The molecule has 0 saturated heterocycles. The first-order valence-electron chi connectivity index (χ1n) is 6.21. The highest BCUT2D eigenvalue weighted by Crippen LogP contribution is 2.18. The Morgan fingerprint density at radius 1 is 1.12 bits per heavy atom. The Morgan fingerprint density at radius 3 is 2.65 bits per heavy atom. The molecule has 0 heterocycles. The summed E-state index contributed by atoms with van der Waals surface area (Å²) in [6.45, 7) is 2.13. The van der Waals surface area contributed by atoms with Crippen LogP contribution in [0.25, 0.3) is 10.8 Å². The van der Waals surface area contributed by atoms with Gasteiger partial charge in [-0.05, 0) is 35.1 Å². The molecule has 1 heteroatoms. The van der Waals surface area contributed by atoms with Crippen LogP contribution in [-0.4, -0.2) is 6.29 Å². The zero-order valence-corrected chi connectivity index (χ0v) is 10.2. The minimum atomic E-state index is 0.485. The molecule has 0 spiro atoms. The van der Waals surface area contributed by atoms with Crippen molar-refractivity contribution in [1.82, 2.24) is 0 Å². The Hall–Kier alpha value is -1.63. The molecule has 0 unspecified atom stereocenters. The van der Waals surface area contributed by atoms with E-state index in [9.17, 15) is 4.79 Å². The van der Waals surface area contributed by atoms with Crippen LogP contribution < -0.4 is 0 Å². The molecule has 2 aromatic carbocycles. The summed E-state index contributed by atoms with van der Waals surface area (Å²) in [6, 6.07) is 15.0. The van der Waals surface area contributed by atoms with E-state index >= 15 is 0 Å². The maximum Gasteiger partial charge on any atom is 0.120 e. The summed E-state index contributed by atoms with van der Waals surface area (Å²) in [4.78, 5) is 10.4. The van der Waals surface area contributed by atoms with Crippen molar-refractivity contribution in [2.75, 3.05) is 0 Å². The number of rotatable bonds is 5. The summed E-state index contributed by atoms with van der Waals surface area (Å²) in [5.41, 5.74) is 1.36. The van der Waals surface area contributed by atoms with Crippen molar-refractivity contribution in [2.24, 2.45) is 5.92 Å². The van der Waals surface area contributed by atoms with Gasteiger partial charge in [-0.25, -0.2) is 0 Å². The lowest BCUT2D eigenvalue weighted by Gasteiger charge is -2.08. The maximum atomic E-state index is 10.4. The molecule has 0 bridgehead atoms. The standard InChI is InChI=1S/C16H18O/c1-13(10-11-17)6-7-14-8-9-15-4-2-3-5-16(15)12-14/h2-5,8-9,11-13H,6-7,10H2,1H3/t13-/m0/s1. The molecular weight excluding hydrogens is 208 g/mol. The van der Waals surface area contributed by atoms with E-state index in [0.29, 0.717) is 12.3 Å². The summed E-state index contributed by atoms with van der Waals surface area (Å²) in [5.74, 6) is 0.485. The molecule has 0 fully saturated rings. The van der Waals surface area contributed by atoms with Crippen LogP contribution in [0.1, 0.15) is 25.3 Å². The van der Waals surface area contributed by atoms with E-state index in [1.54, 1.807) is 0 Å². The van der Waals surface area contributed by atoms with E-state index < -0.39 is 0 Å². The van der Waals surface area contributed by atoms with Crippen LogP contribution in [-0.2, 0) is 11.2 Å². The Bertz CT molecular complexity index is 502. The van der Waals surface area contributed by atoms with Crippen LogP contribution in [0.2, 0.25) is 0 Å². The summed E-state index contributed by atoms with van der Waals surface area (Å²) in [7, 11) is 0.